The van der Waals surface area contributed by atoms with Gasteiger partial charge in [0.1, 0.15) is 4.47 Å². The third kappa shape index (κ3) is 3.34. The van der Waals surface area contributed by atoms with Crippen LogP contribution in [-0.2, 0) is 22.6 Å². The van der Waals surface area contributed by atoms with Crippen molar-refractivity contribution in [2.24, 2.45) is 7.05 Å². The summed E-state index contributed by atoms with van der Waals surface area (Å²) in [5, 5.41) is 0. The minimum Gasteiger partial charge on any atom is -0.283 e. The molecule has 0 N–H and O–H groups in total. The first-order valence-corrected chi connectivity index (χ1v) is 10.1. The topological polar surface area (TPSA) is 61.1 Å². The number of nitrogens with zero attached hydrogens (tertiary/aromatic N) is 2. The van der Waals surface area contributed by atoms with Gasteiger partial charge in [-0.05, 0) is 47.1 Å². The first kappa shape index (κ1) is 17.7. The first-order chi connectivity index (χ1) is 11.8. The third-order valence-electron chi connectivity index (χ3n) is 4.03. The molecule has 1 aromatic heterocycles. The zero-order valence-electron chi connectivity index (χ0n) is 13.8. The molecule has 0 radical (unpaired) electrons. The van der Waals surface area contributed by atoms with Crippen LogP contribution in [0.5, 0.6) is 0 Å². The lowest BCUT2D eigenvalue weighted by molar-refractivity contribution is 0.585. The molecule has 3 rings (SSSR count). The number of para-hydroxylation sites is 1. The molecule has 0 amide bonds. The van der Waals surface area contributed by atoms with Gasteiger partial charge in [-0.3, -0.25) is 9.48 Å². The van der Waals surface area contributed by atoms with E-state index in [1.807, 2.05) is 25.1 Å². The number of aryl methyl sites for hydroxylation is 1. The van der Waals surface area contributed by atoms with E-state index in [0.717, 1.165) is 5.56 Å². The van der Waals surface area contributed by atoms with Crippen LogP contribution in [0.25, 0.3) is 5.69 Å². The molecule has 0 saturated carbocycles. The monoisotopic (exact) mass is 420 g/mol. The third-order valence-corrected chi connectivity index (χ3v) is 6.47. The lowest BCUT2D eigenvalue weighted by Gasteiger charge is -2.10. The van der Waals surface area contributed by atoms with E-state index in [1.54, 1.807) is 48.1 Å². The summed E-state index contributed by atoms with van der Waals surface area (Å²) < 4.78 is 28.7. The number of sulfone groups is 1. The molecule has 0 bridgehead atoms. The molecule has 0 saturated heterocycles. The molecular formula is C18H17BrN2O3S. The minimum absolute atomic E-state index is 0.241. The number of hydrogen-bond donors (Lipinski definition) is 0. The summed E-state index contributed by atoms with van der Waals surface area (Å²) in [6, 6.07) is 15.8. The Morgan fingerprint density at radius 3 is 2.20 bits per heavy atom. The van der Waals surface area contributed by atoms with Crippen LogP contribution >= 0.6 is 15.9 Å². The van der Waals surface area contributed by atoms with Crippen molar-refractivity contribution in [3.05, 3.63) is 80.7 Å². The van der Waals surface area contributed by atoms with Gasteiger partial charge >= 0.3 is 0 Å². The van der Waals surface area contributed by atoms with Gasteiger partial charge in [0.15, 0.2) is 9.84 Å². The summed E-state index contributed by atoms with van der Waals surface area (Å²) in [4.78, 5) is 12.8. The molecule has 130 valence electrons. The Hall–Kier alpha value is -2.12. The van der Waals surface area contributed by atoms with Gasteiger partial charge in [0.05, 0.1) is 22.0 Å². The fraction of sp³-hybridized carbons (Fsp3) is 0.167. The van der Waals surface area contributed by atoms with Crippen LogP contribution in [0.4, 0.5) is 0 Å². The predicted octanol–water partition coefficient (Wildman–Crippen LogP) is 3.22. The van der Waals surface area contributed by atoms with Crippen LogP contribution in [0.15, 0.2) is 68.8 Å². The fourth-order valence-corrected chi connectivity index (χ4v) is 4.80. The van der Waals surface area contributed by atoms with Crippen LogP contribution in [0, 0.1) is 6.92 Å². The lowest BCUT2D eigenvalue weighted by atomic mass is 10.2. The smallest absolute Gasteiger partial charge is 0.283 e. The van der Waals surface area contributed by atoms with Crippen LogP contribution in [0.2, 0.25) is 0 Å². The molecule has 0 aliphatic rings. The van der Waals surface area contributed by atoms with Crippen LogP contribution in [0.1, 0.15) is 11.3 Å². The van der Waals surface area contributed by atoms with Gasteiger partial charge in [0, 0.05) is 7.05 Å². The average Bonchev–Trinajstić information content (AvgIpc) is 2.79. The molecule has 0 unspecified atom stereocenters. The Balaban J connectivity index is 2.07. The zero-order valence-corrected chi connectivity index (χ0v) is 16.2. The Morgan fingerprint density at radius 1 is 1.00 bits per heavy atom. The minimum atomic E-state index is -3.56. The van der Waals surface area contributed by atoms with Gasteiger partial charge in [-0.2, -0.15) is 0 Å². The van der Waals surface area contributed by atoms with Crippen molar-refractivity contribution < 1.29 is 8.42 Å². The lowest BCUT2D eigenvalue weighted by Crippen LogP contribution is -2.20. The summed E-state index contributed by atoms with van der Waals surface area (Å²) in [6.07, 6.45) is 0. The number of benzene rings is 2. The molecule has 0 aliphatic heterocycles. The normalized spacial score (nSPS) is 11.6. The average molecular weight is 421 g/mol. The van der Waals surface area contributed by atoms with Crippen molar-refractivity contribution in [2.45, 2.75) is 17.6 Å². The van der Waals surface area contributed by atoms with E-state index in [1.165, 1.54) is 4.68 Å². The molecule has 0 spiro atoms. The van der Waals surface area contributed by atoms with E-state index in [4.69, 9.17) is 0 Å². The van der Waals surface area contributed by atoms with E-state index < -0.39 is 9.84 Å². The maximum absolute atomic E-state index is 12.7. The maximum Gasteiger partial charge on any atom is 0.286 e. The standard InChI is InChI=1S/C18H17BrN2O3S/c1-13-8-10-15(11-9-13)25(23,24)12-16-17(19)18(22)21(20(16)2)14-6-4-3-5-7-14/h3-11H,12H2,1-2H3. The second-order valence-corrected chi connectivity index (χ2v) is 8.59. The summed E-state index contributed by atoms with van der Waals surface area (Å²) in [7, 11) is -1.88. The predicted molar refractivity (Wildman–Crippen MR) is 101 cm³/mol. The van der Waals surface area contributed by atoms with Gasteiger partial charge in [-0.15, -0.1) is 0 Å². The highest BCUT2D eigenvalue weighted by Crippen LogP contribution is 2.22. The molecule has 25 heavy (non-hydrogen) atoms. The summed E-state index contributed by atoms with van der Waals surface area (Å²) in [5.41, 5.74) is 1.79. The van der Waals surface area contributed by atoms with E-state index in [9.17, 15) is 13.2 Å². The molecular weight excluding hydrogens is 404 g/mol. The van der Waals surface area contributed by atoms with Crippen molar-refractivity contribution in [3.63, 3.8) is 0 Å². The second kappa shape index (κ2) is 6.65. The number of rotatable bonds is 4. The van der Waals surface area contributed by atoms with E-state index in [-0.39, 0.29) is 20.7 Å². The number of halogens is 1. The van der Waals surface area contributed by atoms with Gasteiger partial charge in [-0.25, -0.2) is 13.1 Å². The molecule has 7 heteroatoms. The number of aromatic nitrogens is 2. The van der Waals surface area contributed by atoms with Crippen molar-refractivity contribution in [2.75, 3.05) is 0 Å². The van der Waals surface area contributed by atoms with Crippen LogP contribution < -0.4 is 5.56 Å². The molecule has 3 aromatic rings. The summed E-state index contributed by atoms with van der Waals surface area (Å²) in [5.74, 6) is -0.262. The Labute approximate surface area is 154 Å². The molecule has 1 heterocycles. The Morgan fingerprint density at radius 2 is 1.60 bits per heavy atom. The van der Waals surface area contributed by atoms with Crippen LogP contribution in [-0.4, -0.2) is 17.8 Å². The van der Waals surface area contributed by atoms with Gasteiger partial charge in [-0.1, -0.05) is 35.9 Å². The first-order valence-electron chi connectivity index (χ1n) is 7.62. The molecule has 0 atom stereocenters. The van der Waals surface area contributed by atoms with E-state index in [2.05, 4.69) is 15.9 Å². The largest absolute Gasteiger partial charge is 0.286 e. The number of hydrogen-bond acceptors (Lipinski definition) is 3. The van der Waals surface area contributed by atoms with Gasteiger partial charge in [0.2, 0.25) is 0 Å². The van der Waals surface area contributed by atoms with Crippen molar-refractivity contribution in [1.29, 1.82) is 0 Å². The quantitative estimate of drug-likeness (QED) is 0.650. The molecule has 5 nitrogen and oxygen atoms in total. The van der Waals surface area contributed by atoms with Crippen LogP contribution in [0.3, 0.4) is 0 Å². The zero-order chi connectivity index (χ0) is 18.2. The highest BCUT2D eigenvalue weighted by atomic mass is 79.9. The van der Waals surface area contributed by atoms with Gasteiger partial charge < -0.3 is 0 Å². The Kier molecular flexibility index (Phi) is 4.71. The van der Waals surface area contributed by atoms with Crippen molar-refractivity contribution in [3.8, 4) is 5.69 Å². The summed E-state index contributed by atoms with van der Waals surface area (Å²) >= 11 is 3.27. The highest BCUT2D eigenvalue weighted by molar-refractivity contribution is 9.10. The Bertz CT molecular complexity index is 1070. The van der Waals surface area contributed by atoms with Crippen molar-refractivity contribution in [1.82, 2.24) is 9.36 Å². The van der Waals surface area contributed by atoms with E-state index >= 15 is 0 Å². The second-order valence-electron chi connectivity index (χ2n) is 5.81. The molecule has 0 fully saturated rings. The fourth-order valence-electron chi connectivity index (χ4n) is 2.64. The van der Waals surface area contributed by atoms with Gasteiger partial charge in [0.25, 0.3) is 5.56 Å². The van der Waals surface area contributed by atoms with E-state index in [0.29, 0.717) is 11.4 Å². The van der Waals surface area contributed by atoms with Crippen molar-refractivity contribution >= 4 is 25.8 Å². The maximum atomic E-state index is 12.7. The summed E-state index contributed by atoms with van der Waals surface area (Å²) in [6.45, 7) is 1.90. The molecule has 0 aliphatic carbocycles. The molecule has 2 aromatic carbocycles. The SMILES string of the molecule is Cc1ccc(S(=O)(=O)Cc2c(Br)c(=O)n(-c3ccccc3)n2C)cc1. The highest BCUT2D eigenvalue weighted by Gasteiger charge is 2.23.